The van der Waals surface area contributed by atoms with E-state index in [4.69, 9.17) is 14.5 Å². The maximum atomic E-state index is 13.5. The van der Waals surface area contributed by atoms with Crippen molar-refractivity contribution in [2.45, 2.75) is 13.3 Å². The molecule has 180 valence electrons. The molecule has 35 heavy (non-hydrogen) atoms. The Labute approximate surface area is 203 Å². The smallest absolute Gasteiger partial charge is 0.321 e. The van der Waals surface area contributed by atoms with Gasteiger partial charge in [-0.3, -0.25) is 0 Å². The third-order valence-electron chi connectivity index (χ3n) is 6.15. The van der Waals surface area contributed by atoms with Gasteiger partial charge >= 0.3 is 6.03 Å². The Kier molecular flexibility index (Phi) is 6.27. The number of carbonyl (C=O) groups excluding carboxylic acids is 1. The number of anilines is 1. The molecule has 2 heterocycles. The van der Waals surface area contributed by atoms with Crippen LogP contribution < -0.4 is 14.8 Å². The minimum atomic E-state index is -0.385. The van der Waals surface area contributed by atoms with Crippen LogP contribution in [-0.2, 0) is 0 Å². The SMILES string of the molecule is COc1ccc2c(c1)Oc1cc(C)ccc1N=C2N1CCCN(C(=O)Nc2cccc(F)c2)CC1. The summed E-state index contributed by atoms with van der Waals surface area (Å²) in [7, 11) is 1.63. The molecule has 3 aromatic rings. The van der Waals surface area contributed by atoms with Crippen LogP contribution in [0.15, 0.2) is 65.7 Å². The van der Waals surface area contributed by atoms with Crippen LogP contribution >= 0.6 is 0 Å². The van der Waals surface area contributed by atoms with Gasteiger partial charge in [-0.2, -0.15) is 0 Å². The lowest BCUT2D eigenvalue weighted by Gasteiger charge is -2.25. The lowest BCUT2D eigenvalue weighted by atomic mass is 10.1. The number of hydrogen-bond acceptors (Lipinski definition) is 5. The van der Waals surface area contributed by atoms with Gasteiger partial charge in [-0.15, -0.1) is 0 Å². The Hall–Kier alpha value is -4.07. The molecule has 1 saturated heterocycles. The molecule has 2 aliphatic rings. The first kappa shape index (κ1) is 22.7. The first-order valence-corrected chi connectivity index (χ1v) is 11.6. The summed E-state index contributed by atoms with van der Waals surface area (Å²) >= 11 is 0. The predicted octanol–water partition coefficient (Wildman–Crippen LogP) is 5.57. The fourth-order valence-electron chi connectivity index (χ4n) is 4.33. The summed E-state index contributed by atoms with van der Waals surface area (Å²) in [6.07, 6.45) is 0.767. The van der Waals surface area contributed by atoms with Crippen molar-refractivity contribution in [1.82, 2.24) is 9.80 Å². The van der Waals surface area contributed by atoms with Crippen molar-refractivity contribution in [2.75, 3.05) is 38.6 Å². The zero-order valence-electron chi connectivity index (χ0n) is 19.8. The normalized spacial score (nSPS) is 15.1. The zero-order valence-corrected chi connectivity index (χ0v) is 19.8. The Bertz CT molecular complexity index is 1290. The lowest BCUT2D eigenvalue weighted by Crippen LogP contribution is -2.39. The standard InChI is InChI=1S/C27H27FN4O3/c1-18-7-10-23-25(15-18)35-24-17-21(34-2)8-9-22(24)26(30-23)31-11-4-12-32(14-13-31)27(33)29-20-6-3-5-19(28)16-20/h3,5-10,15-17H,4,11-14H2,1-2H3,(H,29,33). The number of ether oxygens (including phenoxy) is 2. The van der Waals surface area contributed by atoms with Crippen molar-refractivity contribution in [3.8, 4) is 17.2 Å². The van der Waals surface area contributed by atoms with Crippen molar-refractivity contribution in [3.63, 3.8) is 0 Å². The van der Waals surface area contributed by atoms with E-state index in [1.54, 1.807) is 24.1 Å². The topological polar surface area (TPSA) is 66.4 Å². The summed E-state index contributed by atoms with van der Waals surface area (Å²) in [4.78, 5) is 21.8. The van der Waals surface area contributed by atoms with Crippen LogP contribution in [0.4, 0.5) is 20.6 Å². The van der Waals surface area contributed by atoms with Crippen LogP contribution in [0.3, 0.4) is 0 Å². The number of benzene rings is 3. The highest BCUT2D eigenvalue weighted by Gasteiger charge is 2.26. The first-order valence-electron chi connectivity index (χ1n) is 11.6. The number of nitrogens with one attached hydrogen (secondary N) is 1. The largest absolute Gasteiger partial charge is 0.497 e. The highest BCUT2D eigenvalue weighted by atomic mass is 19.1. The zero-order chi connectivity index (χ0) is 24.4. The molecule has 1 fully saturated rings. The minimum Gasteiger partial charge on any atom is -0.497 e. The van der Waals surface area contributed by atoms with Gasteiger partial charge in [0.1, 0.15) is 28.8 Å². The molecule has 0 atom stereocenters. The second-order valence-corrected chi connectivity index (χ2v) is 8.64. The van der Waals surface area contributed by atoms with Crippen molar-refractivity contribution >= 4 is 23.2 Å². The quantitative estimate of drug-likeness (QED) is 0.528. The molecular weight excluding hydrogens is 447 g/mol. The molecule has 5 rings (SSSR count). The van der Waals surface area contributed by atoms with Gasteiger partial charge in [0.05, 0.1) is 12.7 Å². The number of amides is 2. The van der Waals surface area contributed by atoms with E-state index in [-0.39, 0.29) is 11.8 Å². The second kappa shape index (κ2) is 9.66. The van der Waals surface area contributed by atoms with E-state index in [9.17, 15) is 9.18 Å². The third-order valence-corrected chi connectivity index (χ3v) is 6.15. The Morgan fingerprint density at radius 2 is 1.91 bits per heavy atom. The van der Waals surface area contributed by atoms with Crippen molar-refractivity contribution < 1.29 is 18.7 Å². The van der Waals surface area contributed by atoms with Crippen LogP contribution in [0.25, 0.3) is 0 Å². The average Bonchev–Trinajstić information content (AvgIpc) is 3.18. The lowest BCUT2D eigenvalue weighted by molar-refractivity contribution is 0.214. The number of nitrogens with zero attached hydrogens (tertiary/aromatic N) is 3. The number of rotatable bonds is 2. The molecule has 2 aliphatic heterocycles. The van der Waals surface area contributed by atoms with E-state index in [0.29, 0.717) is 42.6 Å². The molecule has 0 radical (unpaired) electrons. The second-order valence-electron chi connectivity index (χ2n) is 8.64. The molecule has 0 spiro atoms. The monoisotopic (exact) mass is 474 g/mol. The number of halogens is 1. The number of methoxy groups -OCH3 is 1. The molecule has 1 N–H and O–H groups in total. The van der Waals surface area contributed by atoms with Crippen LogP contribution in [-0.4, -0.2) is 55.0 Å². The summed E-state index contributed by atoms with van der Waals surface area (Å²) in [6, 6.07) is 17.4. The molecular formula is C27H27FN4O3. The van der Waals surface area contributed by atoms with Gasteiger partial charge in [-0.05, 0) is 61.4 Å². The van der Waals surface area contributed by atoms with E-state index in [1.165, 1.54) is 12.1 Å². The molecule has 0 bridgehead atoms. The Morgan fingerprint density at radius 1 is 1.03 bits per heavy atom. The van der Waals surface area contributed by atoms with Gasteiger partial charge in [0, 0.05) is 37.9 Å². The summed E-state index contributed by atoms with van der Waals surface area (Å²) < 4.78 is 25.2. The summed E-state index contributed by atoms with van der Waals surface area (Å²) in [5.41, 5.74) is 3.15. The van der Waals surface area contributed by atoms with Gasteiger partial charge in [0.25, 0.3) is 0 Å². The van der Waals surface area contributed by atoms with Crippen LogP contribution in [0.1, 0.15) is 17.5 Å². The van der Waals surface area contributed by atoms with E-state index in [0.717, 1.165) is 35.6 Å². The summed E-state index contributed by atoms with van der Waals surface area (Å²) in [6.45, 7) is 4.45. The molecule has 3 aromatic carbocycles. The highest BCUT2D eigenvalue weighted by Crippen LogP contribution is 2.40. The molecule has 8 heteroatoms. The molecule has 0 unspecified atom stereocenters. The molecule has 2 amide bonds. The third kappa shape index (κ3) is 4.91. The number of amidine groups is 1. The van der Waals surface area contributed by atoms with E-state index in [2.05, 4.69) is 10.2 Å². The molecule has 0 aliphatic carbocycles. The van der Waals surface area contributed by atoms with Crippen molar-refractivity contribution in [1.29, 1.82) is 0 Å². The number of fused-ring (bicyclic) bond motifs is 2. The Morgan fingerprint density at radius 3 is 2.74 bits per heavy atom. The van der Waals surface area contributed by atoms with Gasteiger partial charge in [0.2, 0.25) is 0 Å². The Balaban J connectivity index is 1.40. The molecule has 0 aromatic heterocycles. The fourth-order valence-corrected chi connectivity index (χ4v) is 4.33. The minimum absolute atomic E-state index is 0.241. The van der Waals surface area contributed by atoms with Gasteiger partial charge in [0.15, 0.2) is 5.75 Å². The number of aryl methyl sites for hydroxylation is 1. The maximum Gasteiger partial charge on any atom is 0.321 e. The number of hydrogen-bond donors (Lipinski definition) is 1. The van der Waals surface area contributed by atoms with Crippen LogP contribution in [0, 0.1) is 12.7 Å². The first-order chi connectivity index (χ1) is 17.0. The number of aliphatic imine (C=N–C) groups is 1. The van der Waals surface area contributed by atoms with E-state index < -0.39 is 0 Å². The van der Waals surface area contributed by atoms with Gasteiger partial charge in [-0.25, -0.2) is 14.2 Å². The van der Waals surface area contributed by atoms with Crippen molar-refractivity contribution in [2.24, 2.45) is 4.99 Å². The van der Waals surface area contributed by atoms with Gasteiger partial charge in [-0.1, -0.05) is 12.1 Å². The number of urea groups is 1. The predicted molar refractivity (Wildman–Crippen MR) is 134 cm³/mol. The van der Waals surface area contributed by atoms with Gasteiger partial charge < -0.3 is 24.6 Å². The van der Waals surface area contributed by atoms with Crippen LogP contribution in [0.2, 0.25) is 0 Å². The number of carbonyl (C=O) groups is 1. The fraction of sp³-hybridized carbons (Fsp3) is 0.259. The molecule has 7 nitrogen and oxygen atoms in total. The summed E-state index contributed by atoms with van der Waals surface area (Å²) in [5.74, 6) is 2.50. The van der Waals surface area contributed by atoms with Crippen molar-refractivity contribution in [3.05, 3.63) is 77.6 Å². The summed E-state index contributed by atoms with van der Waals surface area (Å²) in [5, 5.41) is 2.80. The average molecular weight is 475 g/mol. The molecule has 0 saturated carbocycles. The van der Waals surface area contributed by atoms with Crippen LogP contribution in [0.5, 0.6) is 17.2 Å². The van der Waals surface area contributed by atoms with E-state index in [1.807, 2.05) is 43.3 Å². The van der Waals surface area contributed by atoms with E-state index >= 15 is 0 Å². The highest BCUT2D eigenvalue weighted by molar-refractivity contribution is 6.04. The maximum absolute atomic E-state index is 13.5.